The second-order valence-corrected chi connectivity index (χ2v) is 21.9. The number of nitrogens with zero attached hydrogens (tertiary/aromatic N) is 1. The summed E-state index contributed by atoms with van der Waals surface area (Å²) in [7, 11) is 0. The Hall–Kier alpha value is -0.890. The van der Waals surface area contributed by atoms with Crippen molar-refractivity contribution in [3.8, 4) is 0 Å². The van der Waals surface area contributed by atoms with Crippen molar-refractivity contribution < 1.29 is 0 Å². The number of hydrogen-bond acceptors (Lipinski definition) is 2. The molecule has 0 aliphatic heterocycles. The molecule has 8 rings (SSSR count). The monoisotopic (exact) mass is 753 g/mol. The Bertz CT molecular complexity index is 1250. The maximum atomic E-state index is 6.32. The highest BCUT2D eigenvalue weighted by molar-refractivity contribution is 5.58. The van der Waals surface area contributed by atoms with Crippen molar-refractivity contribution in [3.63, 3.8) is 0 Å². The van der Waals surface area contributed by atoms with Gasteiger partial charge < -0.3 is 5.73 Å². The van der Waals surface area contributed by atoms with Crippen LogP contribution in [0.1, 0.15) is 206 Å². The van der Waals surface area contributed by atoms with Crippen LogP contribution < -0.4 is 5.73 Å². The quantitative estimate of drug-likeness (QED) is 0.148. The van der Waals surface area contributed by atoms with Crippen LogP contribution in [0.15, 0.2) is 28.8 Å². The average Bonchev–Trinajstić information content (AvgIpc) is 3.73. The molecule has 12 unspecified atom stereocenters. The van der Waals surface area contributed by atoms with E-state index in [1.165, 1.54) is 154 Å². The van der Waals surface area contributed by atoms with Crippen LogP contribution in [0.25, 0.3) is 0 Å². The summed E-state index contributed by atoms with van der Waals surface area (Å²) < 4.78 is 0. The van der Waals surface area contributed by atoms with Crippen LogP contribution in [0.2, 0.25) is 0 Å². The first-order valence-corrected chi connectivity index (χ1v) is 25.7. The van der Waals surface area contributed by atoms with Gasteiger partial charge in [0, 0.05) is 6.04 Å². The summed E-state index contributed by atoms with van der Waals surface area (Å²) >= 11 is 0. The number of rotatable bonds is 13. The Kier molecular flexibility index (Phi) is 14.8. The molecule has 7 fully saturated rings. The van der Waals surface area contributed by atoms with E-state index in [1.807, 2.05) is 11.1 Å². The van der Waals surface area contributed by atoms with Gasteiger partial charge in [-0.05, 0) is 243 Å². The standard InChI is InChI=1S/C53H88N2/c1-3-12-42-33-46(37-24-26-40(27-25-37)50-22-10-16-38-14-5-7-20-48(38)50)35-53(44-29-28-43(32-44)51-23-11-17-39-15-6-8-21-49(39)51)52(42)30-31-55-47-19-9-18-41(34-47)45(36-54)13-4-2/h3,31,37-47,49,51-53H,1,4-30,32-36,54H2,2H3/b55-31+/t37?,38?,39-,40?,41?,42?,43?,44?,45?,46?,47?,49?,51?,52?,53?/m0/s1. The third-order valence-corrected chi connectivity index (χ3v) is 19.3. The lowest BCUT2D eigenvalue weighted by Gasteiger charge is -2.48. The molecule has 55 heavy (non-hydrogen) atoms. The molecule has 0 spiro atoms. The zero-order valence-corrected chi connectivity index (χ0v) is 36.2. The largest absolute Gasteiger partial charge is 0.330 e. The minimum absolute atomic E-state index is 0.544. The Labute approximate surface area is 341 Å². The van der Waals surface area contributed by atoms with Gasteiger partial charge >= 0.3 is 0 Å². The van der Waals surface area contributed by atoms with E-state index in [2.05, 4.69) is 25.8 Å². The maximum absolute atomic E-state index is 6.32. The van der Waals surface area contributed by atoms with E-state index in [9.17, 15) is 0 Å². The van der Waals surface area contributed by atoms with E-state index in [0.717, 1.165) is 83.5 Å². The van der Waals surface area contributed by atoms with E-state index in [1.54, 1.807) is 44.9 Å². The van der Waals surface area contributed by atoms with E-state index in [4.69, 9.17) is 10.7 Å². The first kappa shape index (κ1) is 40.9. The van der Waals surface area contributed by atoms with Crippen LogP contribution in [0.4, 0.5) is 0 Å². The maximum Gasteiger partial charge on any atom is 0.0498 e. The van der Waals surface area contributed by atoms with Crippen molar-refractivity contribution in [2.45, 2.75) is 212 Å². The second-order valence-electron chi connectivity index (χ2n) is 21.9. The fourth-order valence-electron chi connectivity index (χ4n) is 16.7. The zero-order chi connectivity index (χ0) is 37.6. The number of fused-ring (bicyclic) bond motifs is 2. The highest BCUT2D eigenvalue weighted by atomic mass is 14.8. The summed E-state index contributed by atoms with van der Waals surface area (Å²) in [6.45, 7) is 7.62. The summed E-state index contributed by atoms with van der Waals surface area (Å²) in [6.07, 6.45) is 50.2. The molecular formula is C53H88N2. The number of aliphatic imine (C=N–C) groups is 1. The van der Waals surface area contributed by atoms with E-state index < -0.39 is 0 Å². The van der Waals surface area contributed by atoms with Crippen molar-refractivity contribution in [2.75, 3.05) is 6.54 Å². The van der Waals surface area contributed by atoms with Gasteiger partial charge in [0.1, 0.15) is 0 Å². The van der Waals surface area contributed by atoms with Crippen LogP contribution in [0.5, 0.6) is 0 Å². The normalized spacial score (nSPS) is 43.5. The number of hydrogen-bond donors (Lipinski definition) is 1. The molecule has 0 heterocycles. The highest BCUT2D eigenvalue weighted by Crippen LogP contribution is 2.57. The lowest BCUT2D eigenvalue weighted by Crippen LogP contribution is -2.40. The van der Waals surface area contributed by atoms with Gasteiger partial charge in [-0.2, -0.15) is 0 Å². The molecule has 8 aliphatic rings. The van der Waals surface area contributed by atoms with Gasteiger partial charge in [0.15, 0.2) is 0 Å². The molecule has 310 valence electrons. The summed E-state index contributed by atoms with van der Waals surface area (Å²) in [5.41, 5.74) is 10.3. The topological polar surface area (TPSA) is 38.4 Å². The zero-order valence-electron chi connectivity index (χ0n) is 36.2. The average molecular weight is 753 g/mol. The van der Waals surface area contributed by atoms with Gasteiger partial charge in [0.2, 0.25) is 0 Å². The third-order valence-electron chi connectivity index (χ3n) is 19.3. The molecule has 0 aromatic heterocycles. The fourth-order valence-corrected chi connectivity index (χ4v) is 16.7. The summed E-state index contributed by atoms with van der Waals surface area (Å²) in [4.78, 5) is 5.49. The minimum atomic E-state index is 0.544. The van der Waals surface area contributed by atoms with E-state index >= 15 is 0 Å². The predicted octanol–water partition coefficient (Wildman–Crippen LogP) is 14.7. The van der Waals surface area contributed by atoms with Crippen molar-refractivity contribution in [3.05, 3.63) is 23.8 Å². The van der Waals surface area contributed by atoms with Crippen LogP contribution in [0.3, 0.4) is 0 Å². The van der Waals surface area contributed by atoms with Gasteiger partial charge in [-0.1, -0.05) is 75.5 Å². The molecule has 8 aliphatic carbocycles. The molecule has 7 saturated carbocycles. The van der Waals surface area contributed by atoms with Crippen LogP contribution >= 0.6 is 0 Å². The molecule has 2 nitrogen and oxygen atoms in total. The van der Waals surface area contributed by atoms with Crippen molar-refractivity contribution >= 4 is 6.21 Å². The van der Waals surface area contributed by atoms with Crippen LogP contribution in [0, 0.1) is 82.9 Å². The van der Waals surface area contributed by atoms with Crippen molar-refractivity contribution in [1.82, 2.24) is 0 Å². The molecule has 0 radical (unpaired) electrons. The van der Waals surface area contributed by atoms with Gasteiger partial charge in [0.25, 0.3) is 0 Å². The molecule has 0 bridgehead atoms. The fraction of sp³-hybridized carbons (Fsp3) is 0.906. The smallest absolute Gasteiger partial charge is 0.0498 e. The minimum Gasteiger partial charge on any atom is -0.330 e. The SMILES string of the molecule is C=CCC1CC(C2CCC(C3=C4CCCCC4CCC3)CC2)CC(C2CCC(C3CCC[C@@H]4CCCCC34)C2)C1C/C=N/C1CCCC(C(CN)CCC)C1. The number of allylic oxidation sites excluding steroid dienone is 3. The second kappa shape index (κ2) is 19.9. The Morgan fingerprint density at radius 2 is 1.27 bits per heavy atom. The molecule has 13 atom stereocenters. The summed E-state index contributed by atoms with van der Waals surface area (Å²) in [5, 5.41) is 0. The van der Waals surface area contributed by atoms with Crippen molar-refractivity contribution in [1.29, 1.82) is 0 Å². The molecule has 0 amide bonds. The summed E-state index contributed by atoms with van der Waals surface area (Å²) in [6, 6.07) is 0.544. The van der Waals surface area contributed by atoms with E-state index in [-0.39, 0.29) is 0 Å². The molecular weight excluding hydrogens is 665 g/mol. The number of nitrogens with two attached hydrogens (primary N) is 1. The predicted molar refractivity (Wildman–Crippen MR) is 236 cm³/mol. The first-order chi connectivity index (χ1) is 27.1. The van der Waals surface area contributed by atoms with E-state index in [0.29, 0.717) is 12.0 Å². The van der Waals surface area contributed by atoms with Gasteiger partial charge in [-0.15, -0.1) is 6.58 Å². The Morgan fingerprint density at radius 1 is 0.600 bits per heavy atom. The van der Waals surface area contributed by atoms with Crippen LogP contribution in [-0.4, -0.2) is 18.8 Å². The Morgan fingerprint density at radius 3 is 2.09 bits per heavy atom. The Balaban J connectivity index is 0.968. The first-order valence-electron chi connectivity index (χ1n) is 25.7. The molecule has 2 heteroatoms. The van der Waals surface area contributed by atoms with Gasteiger partial charge in [0.05, 0.1) is 0 Å². The third kappa shape index (κ3) is 9.62. The lowest BCUT2D eigenvalue weighted by molar-refractivity contribution is 0.0264. The summed E-state index contributed by atoms with van der Waals surface area (Å²) in [5.74, 6) is 13.1. The van der Waals surface area contributed by atoms with Gasteiger partial charge in [-0.25, -0.2) is 0 Å². The van der Waals surface area contributed by atoms with Crippen molar-refractivity contribution in [2.24, 2.45) is 93.6 Å². The molecule has 0 saturated heterocycles. The van der Waals surface area contributed by atoms with Crippen LogP contribution in [-0.2, 0) is 0 Å². The highest BCUT2D eigenvalue weighted by Gasteiger charge is 2.48. The lowest BCUT2D eigenvalue weighted by atomic mass is 9.57. The molecule has 0 aromatic rings. The van der Waals surface area contributed by atoms with Gasteiger partial charge in [-0.3, -0.25) is 4.99 Å². The molecule has 0 aromatic carbocycles. The molecule has 2 N–H and O–H groups in total.